The number of benzene rings is 1. The Morgan fingerprint density at radius 1 is 1.25 bits per heavy atom. The minimum Gasteiger partial charge on any atom is -0.357 e. The van der Waals surface area contributed by atoms with E-state index in [1.165, 1.54) is 6.26 Å². The number of aromatic nitrogens is 1. The van der Waals surface area contributed by atoms with Crippen LogP contribution in [0.15, 0.2) is 29.1 Å². The number of aryl methyl sites for hydroxylation is 1. The molecule has 2 N–H and O–H groups in total. The van der Waals surface area contributed by atoms with Gasteiger partial charge in [0.05, 0.1) is 5.75 Å². The van der Waals surface area contributed by atoms with E-state index in [1.54, 1.807) is 6.07 Å². The summed E-state index contributed by atoms with van der Waals surface area (Å²) in [6.45, 7) is 2.75. The van der Waals surface area contributed by atoms with E-state index in [-0.39, 0.29) is 11.2 Å². The zero-order chi connectivity index (χ0) is 14.8. The number of rotatable bonds is 5. The number of hydrogen-bond donors (Lipinski definition) is 2. The molecule has 0 atom stereocenters. The molecule has 0 amide bonds. The van der Waals surface area contributed by atoms with Gasteiger partial charge in [-0.2, -0.15) is 0 Å². The molecule has 6 heteroatoms. The highest BCUT2D eigenvalue weighted by atomic mass is 32.2. The molecule has 0 aliphatic carbocycles. The quantitative estimate of drug-likeness (QED) is 0.805. The van der Waals surface area contributed by atoms with Crippen molar-refractivity contribution in [1.82, 2.24) is 10.3 Å². The van der Waals surface area contributed by atoms with Gasteiger partial charge in [0.2, 0.25) is 0 Å². The Bertz CT molecular complexity index is 779. The lowest BCUT2D eigenvalue weighted by atomic mass is 10.1. The van der Waals surface area contributed by atoms with Crippen LogP contribution in [0.25, 0.3) is 10.9 Å². The second kappa shape index (κ2) is 5.76. The van der Waals surface area contributed by atoms with Gasteiger partial charge in [0.15, 0.2) is 5.43 Å². The first-order valence-electron chi connectivity index (χ1n) is 6.36. The predicted octanol–water partition coefficient (Wildman–Crippen LogP) is 0.971. The number of fused-ring (bicyclic) bond motifs is 1. The van der Waals surface area contributed by atoms with Gasteiger partial charge in [0.1, 0.15) is 9.84 Å². The standard InChI is InChI=1S/C14H18N2O3S/c1-10-3-4-13-12(7-10)14(17)8-11(16-13)9-15-5-6-20(2,18)19/h3-4,7-8,15H,5-6,9H2,1-2H3,(H,16,17). The van der Waals surface area contributed by atoms with Crippen molar-refractivity contribution in [1.29, 1.82) is 0 Å². The molecule has 0 saturated heterocycles. The maximum absolute atomic E-state index is 12.0. The second-order valence-electron chi connectivity index (χ2n) is 5.01. The molecule has 0 saturated carbocycles. The van der Waals surface area contributed by atoms with E-state index < -0.39 is 9.84 Å². The lowest BCUT2D eigenvalue weighted by Gasteiger charge is -2.06. The molecule has 0 aliphatic heterocycles. The van der Waals surface area contributed by atoms with Crippen LogP contribution in [0.5, 0.6) is 0 Å². The number of aromatic amines is 1. The van der Waals surface area contributed by atoms with Crippen LogP contribution in [0, 0.1) is 6.92 Å². The second-order valence-corrected chi connectivity index (χ2v) is 7.27. The Morgan fingerprint density at radius 2 is 2.00 bits per heavy atom. The largest absolute Gasteiger partial charge is 0.357 e. The summed E-state index contributed by atoms with van der Waals surface area (Å²) in [5.74, 6) is 0.0873. The molecule has 0 spiro atoms. The smallest absolute Gasteiger partial charge is 0.189 e. The van der Waals surface area contributed by atoms with Gasteiger partial charge in [-0.15, -0.1) is 0 Å². The fourth-order valence-corrected chi connectivity index (χ4v) is 2.51. The Hall–Kier alpha value is -1.66. The molecule has 108 valence electrons. The number of nitrogens with one attached hydrogen (secondary N) is 2. The van der Waals surface area contributed by atoms with Crippen LogP contribution in [0.4, 0.5) is 0 Å². The summed E-state index contributed by atoms with van der Waals surface area (Å²) in [6, 6.07) is 7.23. The normalized spacial score (nSPS) is 11.9. The Morgan fingerprint density at radius 3 is 2.70 bits per heavy atom. The fourth-order valence-electron chi connectivity index (χ4n) is 1.99. The summed E-state index contributed by atoms with van der Waals surface area (Å²) >= 11 is 0. The summed E-state index contributed by atoms with van der Waals surface area (Å²) < 4.78 is 22.0. The lowest BCUT2D eigenvalue weighted by Crippen LogP contribution is -2.23. The molecule has 2 rings (SSSR count). The molecular formula is C14H18N2O3S. The first-order chi connectivity index (χ1) is 9.35. The van der Waals surface area contributed by atoms with E-state index in [0.29, 0.717) is 18.5 Å². The Kier molecular flexibility index (Phi) is 4.25. The van der Waals surface area contributed by atoms with Crippen LogP contribution in [0.2, 0.25) is 0 Å². The number of H-pyrrole nitrogens is 1. The van der Waals surface area contributed by atoms with Crippen molar-refractivity contribution in [3.63, 3.8) is 0 Å². The van der Waals surface area contributed by atoms with Crippen molar-refractivity contribution < 1.29 is 8.42 Å². The third-order valence-corrected chi connectivity index (χ3v) is 3.95. The minimum absolute atomic E-state index is 0.0256. The highest BCUT2D eigenvalue weighted by molar-refractivity contribution is 7.90. The van der Waals surface area contributed by atoms with Gasteiger partial charge in [0, 0.05) is 42.0 Å². The zero-order valence-electron chi connectivity index (χ0n) is 11.6. The molecule has 0 radical (unpaired) electrons. The van der Waals surface area contributed by atoms with E-state index in [1.807, 2.05) is 25.1 Å². The zero-order valence-corrected chi connectivity index (χ0v) is 12.4. The highest BCUT2D eigenvalue weighted by Gasteiger charge is 2.04. The van der Waals surface area contributed by atoms with Crippen LogP contribution in [-0.4, -0.2) is 32.0 Å². The van der Waals surface area contributed by atoms with Crippen LogP contribution in [0.1, 0.15) is 11.3 Å². The molecular weight excluding hydrogens is 276 g/mol. The van der Waals surface area contributed by atoms with Crippen molar-refractivity contribution in [3.05, 3.63) is 45.7 Å². The van der Waals surface area contributed by atoms with E-state index in [9.17, 15) is 13.2 Å². The summed E-state index contributed by atoms with van der Waals surface area (Å²) in [4.78, 5) is 15.2. The molecule has 1 heterocycles. The average molecular weight is 294 g/mol. The monoisotopic (exact) mass is 294 g/mol. The van der Waals surface area contributed by atoms with Crippen LogP contribution < -0.4 is 10.7 Å². The summed E-state index contributed by atoms with van der Waals surface area (Å²) in [7, 11) is -2.96. The Labute approximate surface area is 117 Å². The molecule has 20 heavy (non-hydrogen) atoms. The third kappa shape index (κ3) is 3.91. The number of sulfone groups is 1. The van der Waals surface area contributed by atoms with Gasteiger partial charge in [0.25, 0.3) is 0 Å². The van der Waals surface area contributed by atoms with Crippen molar-refractivity contribution in [3.8, 4) is 0 Å². The fraction of sp³-hybridized carbons (Fsp3) is 0.357. The van der Waals surface area contributed by atoms with Crippen LogP contribution in [0.3, 0.4) is 0 Å². The first-order valence-corrected chi connectivity index (χ1v) is 8.42. The summed E-state index contributed by atoms with van der Waals surface area (Å²) in [5, 5.41) is 3.68. The van der Waals surface area contributed by atoms with Crippen molar-refractivity contribution >= 4 is 20.7 Å². The molecule has 0 fully saturated rings. The molecule has 5 nitrogen and oxygen atoms in total. The van der Waals surface area contributed by atoms with Gasteiger partial charge >= 0.3 is 0 Å². The summed E-state index contributed by atoms with van der Waals surface area (Å²) in [5.41, 5.74) is 2.56. The molecule has 0 unspecified atom stereocenters. The highest BCUT2D eigenvalue weighted by Crippen LogP contribution is 2.10. The number of pyridine rings is 1. The first kappa shape index (κ1) is 14.7. The van der Waals surface area contributed by atoms with Gasteiger partial charge in [-0.05, 0) is 19.1 Å². The maximum Gasteiger partial charge on any atom is 0.189 e. The van der Waals surface area contributed by atoms with Crippen LogP contribution >= 0.6 is 0 Å². The molecule has 0 aliphatic rings. The van der Waals surface area contributed by atoms with Crippen molar-refractivity contribution in [2.75, 3.05) is 18.6 Å². The summed E-state index contributed by atoms with van der Waals surface area (Å²) in [6.07, 6.45) is 1.20. The SMILES string of the molecule is Cc1ccc2[nH]c(CNCCS(C)(=O)=O)cc(=O)c2c1. The molecule has 1 aromatic carbocycles. The van der Waals surface area contributed by atoms with Crippen LogP contribution in [-0.2, 0) is 16.4 Å². The average Bonchev–Trinajstić information content (AvgIpc) is 2.34. The van der Waals surface area contributed by atoms with Gasteiger partial charge in [-0.3, -0.25) is 4.79 Å². The molecule has 0 bridgehead atoms. The van der Waals surface area contributed by atoms with Crippen molar-refractivity contribution in [2.24, 2.45) is 0 Å². The van der Waals surface area contributed by atoms with Gasteiger partial charge in [-0.1, -0.05) is 11.6 Å². The van der Waals surface area contributed by atoms with E-state index in [4.69, 9.17) is 0 Å². The Balaban J connectivity index is 2.12. The third-order valence-electron chi connectivity index (χ3n) is 3.01. The molecule has 2 aromatic rings. The lowest BCUT2D eigenvalue weighted by molar-refractivity contribution is 0.596. The van der Waals surface area contributed by atoms with Gasteiger partial charge in [-0.25, -0.2) is 8.42 Å². The minimum atomic E-state index is -2.96. The molecule has 1 aromatic heterocycles. The predicted molar refractivity (Wildman–Crippen MR) is 80.7 cm³/mol. The number of hydrogen-bond acceptors (Lipinski definition) is 4. The van der Waals surface area contributed by atoms with Gasteiger partial charge < -0.3 is 10.3 Å². The van der Waals surface area contributed by atoms with E-state index in [0.717, 1.165) is 16.8 Å². The van der Waals surface area contributed by atoms with E-state index in [2.05, 4.69) is 10.3 Å². The topological polar surface area (TPSA) is 79.0 Å². The maximum atomic E-state index is 12.0. The van der Waals surface area contributed by atoms with E-state index >= 15 is 0 Å². The van der Waals surface area contributed by atoms with Crippen molar-refractivity contribution in [2.45, 2.75) is 13.5 Å².